The van der Waals surface area contributed by atoms with Crippen LogP contribution in [0.2, 0.25) is 0 Å². The van der Waals surface area contributed by atoms with E-state index in [9.17, 15) is 13.2 Å². The third-order valence-corrected chi connectivity index (χ3v) is 6.53. The number of ether oxygens (including phenoxy) is 1. The molecule has 0 unspecified atom stereocenters. The predicted molar refractivity (Wildman–Crippen MR) is 104 cm³/mol. The molecule has 7 heteroatoms. The summed E-state index contributed by atoms with van der Waals surface area (Å²) in [6.07, 6.45) is 0. The number of carbonyl (C=O) groups excluding carboxylic acids is 1. The van der Waals surface area contributed by atoms with Gasteiger partial charge in [0.15, 0.2) is 0 Å². The van der Waals surface area contributed by atoms with Crippen molar-refractivity contribution in [1.82, 2.24) is 4.31 Å². The van der Waals surface area contributed by atoms with Crippen LogP contribution in [0.1, 0.15) is 19.4 Å². The lowest BCUT2D eigenvalue weighted by atomic mass is 10.2. The van der Waals surface area contributed by atoms with E-state index in [1.54, 1.807) is 29.2 Å². The lowest BCUT2D eigenvalue weighted by Gasteiger charge is -2.28. The molecule has 0 spiro atoms. The number of benzene rings is 2. The molecule has 0 bridgehead atoms. The van der Waals surface area contributed by atoms with Gasteiger partial charge in [-0.3, -0.25) is 4.79 Å². The largest absolute Gasteiger partial charge is 0.370 e. The zero-order valence-corrected chi connectivity index (χ0v) is 16.4. The Labute approximate surface area is 160 Å². The van der Waals surface area contributed by atoms with E-state index >= 15 is 0 Å². The molecule has 0 N–H and O–H groups in total. The summed E-state index contributed by atoms with van der Waals surface area (Å²) in [5.41, 5.74) is 1.62. The SMILES string of the molecule is CC(C)N(Cc1ccccc1)S(=O)(=O)c1ccc(N2CCOCC2=O)cc1. The summed E-state index contributed by atoms with van der Waals surface area (Å²) in [5.74, 6) is -0.121. The van der Waals surface area contributed by atoms with Crippen LogP contribution in [0.15, 0.2) is 59.5 Å². The van der Waals surface area contributed by atoms with E-state index in [0.717, 1.165) is 5.56 Å². The van der Waals surface area contributed by atoms with Crippen LogP contribution in [0.25, 0.3) is 0 Å². The molecule has 1 heterocycles. The van der Waals surface area contributed by atoms with Crippen LogP contribution in [0.4, 0.5) is 5.69 Å². The van der Waals surface area contributed by atoms with Gasteiger partial charge >= 0.3 is 0 Å². The van der Waals surface area contributed by atoms with E-state index < -0.39 is 10.0 Å². The minimum absolute atomic E-state index is 0.0538. The van der Waals surface area contributed by atoms with Crippen molar-refractivity contribution in [2.75, 3.05) is 24.7 Å². The lowest BCUT2D eigenvalue weighted by molar-refractivity contribution is -0.125. The topological polar surface area (TPSA) is 66.9 Å². The molecule has 0 aliphatic carbocycles. The van der Waals surface area contributed by atoms with Crippen LogP contribution in [0, 0.1) is 0 Å². The van der Waals surface area contributed by atoms with Crippen molar-refractivity contribution >= 4 is 21.6 Å². The zero-order valence-electron chi connectivity index (χ0n) is 15.5. The summed E-state index contributed by atoms with van der Waals surface area (Å²) in [4.78, 5) is 13.8. The minimum atomic E-state index is -3.65. The molecule has 2 aromatic rings. The first-order valence-corrected chi connectivity index (χ1v) is 10.4. The smallest absolute Gasteiger partial charge is 0.253 e. The molecule has 0 radical (unpaired) electrons. The van der Waals surface area contributed by atoms with Gasteiger partial charge in [-0.2, -0.15) is 4.31 Å². The van der Waals surface area contributed by atoms with Crippen LogP contribution in [0.3, 0.4) is 0 Å². The number of rotatable bonds is 6. The number of sulfonamides is 1. The molecule has 1 saturated heterocycles. The standard InChI is InChI=1S/C20H24N2O4S/c1-16(2)22(14-17-6-4-3-5-7-17)27(24,25)19-10-8-18(9-11-19)21-12-13-26-15-20(21)23/h3-11,16H,12-15H2,1-2H3. The van der Waals surface area contributed by atoms with Crippen molar-refractivity contribution in [3.05, 3.63) is 60.2 Å². The van der Waals surface area contributed by atoms with Gasteiger partial charge in [-0.05, 0) is 43.7 Å². The van der Waals surface area contributed by atoms with E-state index in [0.29, 0.717) is 25.4 Å². The van der Waals surface area contributed by atoms with Gasteiger partial charge in [-0.25, -0.2) is 8.42 Å². The number of carbonyl (C=O) groups is 1. The van der Waals surface area contributed by atoms with Crippen molar-refractivity contribution in [2.24, 2.45) is 0 Å². The van der Waals surface area contributed by atoms with Crippen LogP contribution in [-0.2, 0) is 26.1 Å². The Morgan fingerprint density at radius 2 is 1.74 bits per heavy atom. The summed E-state index contributed by atoms with van der Waals surface area (Å²) >= 11 is 0. The normalized spacial score (nSPS) is 15.6. The second kappa shape index (κ2) is 8.21. The average Bonchev–Trinajstić information content (AvgIpc) is 2.67. The minimum Gasteiger partial charge on any atom is -0.370 e. The highest BCUT2D eigenvalue weighted by Gasteiger charge is 2.28. The van der Waals surface area contributed by atoms with Crippen molar-refractivity contribution in [3.8, 4) is 0 Å². The number of amides is 1. The summed E-state index contributed by atoms with van der Waals surface area (Å²) in [6.45, 7) is 5.03. The van der Waals surface area contributed by atoms with Crippen LogP contribution in [0.5, 0.6) is 0 Å². The fourth-order valence-corrected chi connectivity index (χ4v) is 4.66. The quantitative estimate of drug-likeness (QED) is 0.763. The van der Waals surface area contributed by atoms with E-state index in [1.165, 1.54) is 4.31 Å². The van der Waals surface area contributed by atoms with E-state index in [2.05, 4.69) is 0 Å². The highest BCUT2D eigenvalue weighted by Crippen LogP contribution is 2.24. The van der Waals surface area contributed by atoms with E-state index in [1.807, 2.05) is 44.2 Å². The summed E-state index contributed by atoms with van der Waals surface area (Å²) in [5, 5.41) is 0. The van der Waals surface area contributed by atoms with Gasteiger partial charge in [-0.1, -0.05) is 30.3 Å². The summed E-state index contributed by atoms with van der Waals surface area (Å²) < 4.78 is 32.9. The molecule has 3 rings (SSSR count). The van der Waals surface area contributed by atoms with Crippen LogP contribution < -0.4 is 4.90 Å². The third-order valence-electron chi connectivity index (χ3n) is 4.50. The number of morpholine rings is 1. The molecular weight excluding hydrogens is 364 g/mol. The van der Waals surface area contributed by atoms with Gasteiger partial charge in [0.25, 0.3) is 5.91 Å². The average molecular weight is 388 g/mol. The van der Waals surface area contributed by atoms with E-state index in [4.69, 9.17) is 4.74 Å². The van der Waals surface area contributed by atoms with Gasteiger partial charge in [0.1, 0.15) is 6.61 Å². The summed E-state index contributed by atoms with van der Waals surface area (Å²) in [6, 6.07) is 15.8. The first-order chi connectivity index (χ1) is 12.9. The highest BCUT2D eigenvalue weighted by atomic mass is 32.2. The second-order valence-electron chi connectivity index (χ2n) is 6.72. The fourth-order valence-electron chi connectivity index (χ4n) is 3.03. The second-order valence-corrected chi connectivity index (χ2v) is 8.61. The maximum Gasteiger partial charge on any atom is 0.253 e. The highest BCUT2D eigenvalue weighted by molar-refractivity contribution is 7.89. The van der Waals surface area contributed by atoms with Crippen molar-refractivity contribution in [2.45, 2.75) is 31.3 Å². The third kappa shape index (κ3) is 4.37. The molecule has 0 saturated carbocycles. The van der Waals surface area contributed by atoms with Crippen LogP contribution in [-0.4, -0.2) is 44.4 Å². The van der Waals surface area contributed by atoms with Crippen molar-refractivity contribution < 1.29 is 17.9 Å². The molecule has 1 aliphatic rings. The Morgan fingerprint density at radius 3 is 2.33 bits per heavy atom. The first-order valence-electron chi connectivity index (χ1n) is 8.93. The Hall–Kier alpha value is -2.22. The van der Waals surface area contributed by atoms with Gasteiger partial charge < -0.3 is 9.64 Å². The summed E-state index contributed by atoms with van der Waals surface area (Å²) in [7, 11) is -3.65. The number of anilines is 1. The first kappa shape index (κ1) is 19.5. The molecule has 1 amide bonds. The molecule has 0 atom stereocenters. The van der Waals surface area contributed by atoms with Gasteiger partial charge in [-0.15, -0.1) is 0 Å². The van der Waals surface area contributed by atoms with Crippen LogP contribution >= 0.6 is 0 Å². The van der Waals surface area contributed by atoms with Gasteiger partial charge in [0, 0.05) is 24.8 Å². The Bertz CT molecular complexity index is 880. The Morgan fingerprint density at radius 1 is 1.07 bits per heavy atom. The fraction of sp³-hybridized carbons (Fsp3) is 0.350. The molecule has 27 heavy (non-hydrogen) atoms. The molecule has 2 aromatic carbocycles. The molecule has 1 aliphatic heterocycles. The molecule has 6 nitrogen and oxygen atoms in total. The maximum absolute atomic E-state index is 13.2. The lowest BCUT2D eigenvalue weighted by Crippen LogP contribution is -2.41. The van der Waals surface area contributed by atoms with Crippen molar-refractivity contribution in [3.63, 3.8) is 0 Å². The maximum atomic E-state index is 13.2. The number of nitrogens with zero attached hydrogens (tertiary/aromatic N) is 2. The van der Waals surface area contributed by atoms with E-state index in [-0.39, 0.29) is 23.5 Å². The molecular formula is C20H24N2O4S. The number of hydrogen-bond donors (Lipinski definition) is 0. The van der Waals surface area contributed by atoms with Gasteiger partial charge in [0.2, 0.25) is 10.0 Å². The molecule has 0 aromatic heterocycles. The van der Waals surface area contributed by atoms with Crippen molar-refractivity contribution in [1.29, 1.82) is 0 Å². The predicted octanol–water partition coefficient (Wildman–Crippen LogP) is 2.65. The van der Waals surface area contributed by atoms with Gasteiger partial charge in [0.05, 0.1) is 11.5 Å². The Balaban J connectivity index is 1.85. The number of hydrogen-bond acceptors (Lipinski definition) is 4. The zero-order chi connectivity index (χ0) is 19.4. The monoisotopic (exact) mass is 388 g/mol. The Kier molecular flexibility index (Phi) is 5.94. The molecule has 144 valence electrons. The molecule has 1 fully saturated rings.